The molecular weight excluding hydrogens is 190 g/mol. The maximum atomic E-state index is 9.57. The molecule has 0 radical (unpaired) electrons. The minimum Gasteiger partial charge on any atom is -0.396 e. The Balaban J connectivity index is 2.10. The Labute approximate surface area is 90.3 Å². The van der Waals surface area contributed by atoms with Gasteiger partial charge in [0.25, 0.3) is 0 Å². The highest BCUT2D eigenvalue weighted by atomic mass is 16.3. The maximum absolute atomic E-state index is 9.57. The van der Waals surface area contributed by atoms with Crippen LogP contribution in [0.5, 0.6) is 0 Å². The first-order valence-electron chi connectivity index (χ1n) is 5.69. The van der Waals surface area contributed by atoms with Gasteiger partial charge in [0, 0.05) is 25.5 Å². The van der Waals surface area contributed by atoms with Crippen LogP contribution in [0.2, 0.25) is 0 Å². The summed E-state index contributed by atoms with van der Waals surface area (Å²) < 4.78 is 1.81. The van der Waals surface area contributed by atoms with Crippen LogP contribution in [0.1, 0.15) is 37.9 Å². The van der Waals surface area contributed by atoms with Crippen molar-refractivity contribution in [2.24, 2.45) is 12.5 Å². The Morgan fingerprint density at radius 3 is 2.67 bits per heavy atom. The van der Waals surface area contributed by atoms with Crippen LogP contribution in [0.25, 0.3) is 0 Å². The van der Waals surface area contributed by atoms with E-state index < -0.39 is 0 Å². The lowest BCUT2D eigenvalue weighted by Gasteiger charge is -2.35. The van der Waals surface area contributed by atoms with E-state index in [9.17, 15) is 5.11 Å². The lowest BCUT2D eigenvalue weighted by molar-refractivity contribution is 0.0795. The van der Waals surface area contributed by atoms with Crippen LogP contribution in [0, 0.1) is 5.41 Å². The van der Waals surface area contributed by atoms with Gasteiger partial charge in [0.05, 0.1) is 0 Å². The lowest BCUT2D eigenvalue weighted by atomic mass is 9.72. The molecule has 1 N–H and O–H groups in total. The third-order valence-corrected chi connectivity index (χ3v) is 3.59. The summed E-state index contributed by atoms with van der Waals surface area (Å²) in [6, 6.07) is 0. The van der Waals surface area contributed by atoms with Gasteiger partial charge in [-0.25, -0.2) is 4.98 Å². The fourth-order valence-electron chi connectivity index (χ4n) is 2.51. The van der Waals surface area contributed by atoms with E-state index in [1.54, 1.807) is 6.33 Å². The van der Waals surface area contributed by atoms with Gasteiger partial charge in [0.2, 0.25) is 0 Å². The van der Waals surface area contributed by atoms with Gasteiger partial charge in [0.1, 0.15) is 12.2 Å². The molecule has 1 aliphatic rings. The molecule has 1 heterocycles. The molecule has 4 heteroatoms. The highest BCUT2D eigenvalue weighted by molar-refractivity contribution is 4.94. The van der Waals surface area contributed by atoms with Crippen molar-refractivity contribution >= 4 is 0 Å². The predicted molar refractivity (Wildman–Crippen MR) is 57.3 cm³/mol. The van der Waals surface area contributed by atoms with Crippen LogP contribution in [0.3, 0.4) is 0 Å². The van der Waals surface area contributed by atoms with Crippen molar-refractivity contribution in [1.29, 1.82) is 0 Å². The van der Waals surface area contributed by atoms with E-state index in [0.29, 0.717) is 0 Å². The molecule has 1 saturated carbocycles. The summed E-state index contributed by atoms with van der Waals surface area (Å²) in [4.78, 5) is 4.24. The number of hydrogen-bond donors (Lipinski definition) is 1. The first-order chi connectivity index (χ1) is 7.26. The summed E-state index contributed by atoms with van der Waals surface area (Å²) in [7, 11) is 1.91. The number of hydrogen-bond acceptors (Lipinski definition) is 3. The normalized spacial score (nSPS) is 20.4. The van der Waals surface area contributed by atoms with E-state index in [1.165, 1.54) is 19.3 Å². The van der Waals surface area contributed by atoms with Gasteiger partial charge in [0.15, 0.2) is 0 Å². The van der Waals surface area contributed by atoms with Crippen molar-refractivity contribution in [3.05, 3.63) is 12.2 Å². The number of rotatable bonds is 3. The van der Waals surface area contributed by atoms with E-state index in [0.717, 1.165) is 25.1 Å². The van der Waals surface area contributed by atoms with E-state index in [1.807, 2.05) is 11.7 Å². The Kier molecular flexibility index (Phi) is 3.05. The fraction of sp³-hybridized carbons (Fsp3) is 0.818. The van der Waals surface area contributed by atoms with Crippen LogP contribution < -0.4 is 0 Å². The third kappa shape index (κ3) is 2.20. The maximum Gasteiger partial charge on any atom is 0.138 e. The fourth-order valence-corrected chi connectivity index (χ4v) is 2.51. The summed E-state index contributed by atoms with van der Waals surface area (Å²) in [5.41, 5.74) is 0.0685. The summed E-state index contributed by atoms with van der Waals surface area (Å²) in [6.45, 7) is 0.278. The number of aliphatic hydroxyl groups excluding tert-OH is 1. The number of aromatic nitrogens is 3. The Hall–Kier alpha value is -0.900. The van der Waals surface area contributed by atoms with Gasteiger partial charge >= 0.3 is 0 Å². The second-order valence-electron chi connectivity index (χ2n) is 4.70. The topological polar surface area (TPSA) is 50.9 Å². The molecule has 2 rings (SSSR count). The number of aryl methyl sites for hydroxylation is 1. The molecule has 0 aromatic carbocycles. The molecule has 0 amide bonds. The monoisotopic (exact) mass is 209 g/mol. The molecule has 0 spiro atoms. The van der Waals surface area contributed by atoms with E-state index >= 15 is 0 Å². The lowest BCUT2D eigenvalue weighted by Crippen LogP contribution is -2.31. The molecule has 0 bridgehead atoms. The first kappa shape index (κ1) is 10.6. The van der Waals surface area contributed by atoms with E-state index in [2.05, 4.69) is 10.1 Å². The van der Waals surface area contributed by atoms with Crippen molar-refractivity contribution in [2.75, 3.05) is 6.61 Å². The molecule has 0 unspecified atom stereocenters. The molecule has 4 nitrogen and oxygen atoms in total. The van der Waals surface area contributed by atoms with Gasteiger partial charge in [-0.2, -0.15) is 5.10 Å². The van der Waals surface area contributed by atoms with Crippen molar-refractivity contribution in [2.45, 2.75) is 38.5 Å². The van der Waals surface area contributed by atoms with Crippen molar-refractivity contribution in [3.8, 4) is 0 Å². The summed E-state index contributed by atoms with van der Waals surface area (Å²) in [6.07, 6.45) is 8.47. The Morgan fingerprint density at radius 2 is 2.13 bits per heavy atom. The van der Waals surface area contributed by atoms with Crippen LogP contribution in [-0.4, -0.2) is 26.5 Å². The van der Waals surface area contributed by atoms with Crippen molar-refractivity contribution in [1.82, 2.24) is 14.8 Å². The van der Waals surface area contributed by atoms with Gasteiger partial charge in [-0.15, -0.1) is 0 Å². The van der Waals surface area contributed by atoms with Crippen LogP contribution in [0.15, 0.2) is 6.33 Å². The number of aliphatic hydroxyl groups is 1. The standard InChI is InChI=1S/C11H19N3O/c1-14-10(12-9-13-14)7-11(8-15)5-3-2-4-6-11/h9,15H,2-8H2,1H3. The van der Waals surface area contributed by atoms with Crippen molar-refractivity contribution < 1.29 is 5.11 Å². The Bertz CT molecular complexity index is 315. The minimum absolute atomic E-state index is 0.0685. The molecule has 1 aromatic heterocycles. The van der Waals surface area contributed by atoms with Gasteiger partial charge in [-0.05, 0) is 12.8 Å². The molecular formula is C11H19N3O. The van der Waals surface area contributed by atoms with Crippen LogP contribution in [-0.2, 0) is 13.5 Å². The minimum atomic E-state index is 0.0685. The van der Waals surface area contributed by atoms with Crippen molar-refractivity contribution in [3.63, 3.8) is 0 Å². The Morgan fingerprint density at radius 1 is 1.40 bits per heavy atom. The average Bonchev–Trinajstić information content (AvgIpc) is 2.66. The predicted octanol–water partition coefficient (Wildman–Crippen LogP) is 1.30. The van der Waals surface area contributed by atoms with Crippen LogP contribution >= 0.6 is 0 Å². The SMILES string of the molecule is Cn1ncnc1CC1(CO)CCCCC1. The molecule has 1 aromatic rings. The molecule has 0 aliphatic heterocycles. The highest BCUT2D eigenvalue weighted by Crippen LogP contribution is 2.38. The quantitative estimate of drug-likeness (QED) is 0.816. The van der Waals surface area contributed by atoms with Gasteiger partial charge < -0.3 is 5.11 Å². The zero-order chi connectivity index (χ0) is 10.7. The van der Waals surface area contributed by atoms with E-state index in [4.69, 9.17) is 0 Å². The summed E-state index contributed by atoms with van der Waals surface area (Å²) >= 11 is 0. The zero-order valence-corrected chi connectivity index (χ0v) is 9.32. The summed E-state index contributed by atoms with van der Waals surface area (Å²) in [5.74, 6) is 0.992. The molecule has 1 aliphatic carbocycles. The summed E-state index contributed by atoms with van der Waals surface area (Å²) in [5, 5.41) is 13.6. The molecule has 15 heavy (non-hydrogen) atoms. The van der Waals surface area contributed by atoms with Crippen LogP contribution in [0.4, 0.5) is 0 Å². The highest BCUT2D eigenvalue weighted by Gasteiger charge is 2.32. The van der Waals surface area contributed by atoms with Gasteiger partial charge in [-0.3, -0.25) is 4.68 Å². The smallest absolute Gasteiger partial charge is 0.138 e. The third-order valence-electron chi connectivity index (χ3n) is 3.59. The second kappa shape index (κ2) is 4.31. The second-order valence-corrected chi connectivity index (χ2v) is 4.70. The molecule has 1 fully saturated rings. The molecule has 0 atom stereocenters. The average molecular weight is 209 g/mol. The van der Waals surface area contributed by atoms with E-state index in [-0.39, 0.29) is 12.0 Å². The van der Waals surface area contributed by atoms with Gasteiger partial charge in [-0.1, -0.05) is 19.3 Å². The zero-order valence-electron chi connectivity index (χ0n) is 9.32. The molecule has 0 saturated heterocycles. The number of nitrogens with zero attached hydrogens (tertiary/aromatic N) is 3. The first-order valence-corrected chi connectivity index (χ1v) is 5.69. The largest absolute Gasteiger partial charge is 0.396 e. The molecule has 84 valence electrons.